The zero-order chi connectivity index (χ0) is 22.6. The first-order valence-corrected chi connectivity index (χ1v) is 9.53. The number of non-ortho nitro benzene ring substituents is 2. The Balaban J connectivity index is 1.62. The number of aliphatic imine (C=N–C) groups is 2. The Kier molecular flexibility index (Phi) is 9.05. The number of phenols is 2. The molecule has 0 amide bonds. The number of hydrogen-bond donors (Lipinski definition) is 3. The minimum Gasteiger partial charge on any atom is -0.507 e. The van der Waals surface area contributed by atoms with Crippen molar-refractivity contribution in [1.29, 1.82) is 0 Å². The van der Waals surface area contributed by atoms with Gasteiger partial charge in [-0.2, -0.15) is 0 Å². The highest BCUT2D eigenvalue weighted by Crippen LogP contribution is 2.22. The molecule has 0 aliphatic rings. The van der Waals surface area contributed by atoms with Gasteiger partial charge in [-0.3, -0.25) is 30.2 Å². The van der Waals surface area contributed by atoms with Crippen molar-refractivity contribution >= 4 is 23.8 Å². The molecule has 2 rings (SSSR count). The van der Waals surface area contributed by atoms with Crippen LogP contribution in [0.15, 0.2) is 46.4 Å². The molecule has 2 aromatic rings. The van der Waals surface area contributed by atoms with Crippen LogP contribution in [0.5, 0.6) is 11.5 Å². The maximum atomic E-state index is 10.8. The van der Waals surface area contributed by atoms with Gasteiger partial charge >= 0.3 is 0 Å². The van der Waals surface area contributed by atoms with E-state index in [4.69, 9.17) is 0 Å². The van der Waals surface area contributed by atoms with E-state index in [1.54, 1.807) is 0 Å². The average molecular weight is 429 g/mol. The fourth-order valence-corrected chi connectivity index (χ4v) is 2.56. The Hall–Kier alpha value is -3.86. The molecular formula is C20H23N5O6. The van der Waals surface area contributed by atoms with Crippen LogP contribution in [0.3, 0.4) is 0 Å². The molecule has 2 aromatic carbocycles. The molecule has 0 spiro atoms. The molecule has 164 valence electrons. The SMILES string of the molecule is O=[N+]([O-])c1ccc(O)c(C=NCCCNCCCN=Cc2cc([N+](=O)[O-])ccc2O)c1. The Morgan fingerprint density at radius 2 is 1.23 bits per heavy atom. The molecule has 11 nitrogen and oxygen atoms in total. The summed E-state index contributed by atoms with van der Waals surface area (Å²) in [5.74, 6) is -0.127. The number of benzene rings is 2. The van der Waals surface area contributed by atoms with E-state index in [9.17, 15) is 30.4 Å². The summed E-state index contributed by atoms with van der Waals surface area (Å²) in [6, 6.07) is 7.53. The number of nitrogens with zero attached hydrogens (tertiary/aromatic N) is 4. The van der Waals surface area contributed by atoms with Gasteiger partial charge in [0.25, 0.3) is 11.4 Å². The van der Waals surface area contributed by atoms with Crippen LogP contribution in [0.2, 0.25) is 0 Å². The normalized spacial score (nSPS) is 11.4. The van der Waals surface area contributed by atoms with Gasteiger partial charge in [0.2, 0.25) is 0 Å². The Labute approximate surface area is 178 Å². The largest absolute Gasteiger partial charge is 0.507 e. The Bertz CT molecular complexity index is 899. The molecular weight excluding hydrogens is 406 g/mol. The third-order valence-electron chi connectivity index (χ3n) is 4.19. The molecule has 0 atom stereocenters. The van der Waals surface area contributed by atoms with Crippen molar-refractivity contribution < 1.29 is 20.1 Å². The number of phenolic OH excluding ortho intramolecular Hbond substituents is 2. The minimum absolute atomic E-state index is 0.0635. The zero-order valence-corrected chi connectivity index (χ0v) is 16.7. The van der Waals surface area contributed by atoms with Gasteiger partial charge in [-0.1, -0.05) is 0 Å². The van der Waals surface area contributed by atoms with Crippen molar-refractivity contribution in [3.8, 4) is 11.5 Å². The number of nitrogens with one attached hydrogen (secondary N) is 1. The van der Waals surface area contributed by atoms with Crippen molar-refractivity contribution in [2.75, 3.05) is 26.2 Å². The number of rotatable bonds is 12. The molecule has 0 aliphatic heterocycles. The first-order chi connectivity index (χ1) is 14.9. The summed E-state index contributed by atoms with van der Waals surface area (Å²) in [6.45, 7) is 2.43. The van der Waals surface area contributed by atoms with E-state index in [1.807, 2.05) is 0 Å². The monoisotopic (exact) mass is 429 g/mol. The zero-order valence-electron chi connectivity index (χ0n) is 16.7. The molecule has 0 unspecified atom stereocenters. The third kappa shape index (κ3) is 7.82. The van der Waals surface area contributed by atoms with Crippen molar-refractivity contribution in [2.24, 2.45) is 9.98 Å². The predicted molar refractivity (Wildman–Crippen MR) is 117 cm³/mol. The van der Waals surface area contributed by atoms with Crippen LogP contribution in [0, 0.1) is 20.2 Å². The fraction of sp³-hybridized carbons (Fsp3) is 0.300. The molecule has 3 N–H and O–H groups in total. The van der Waals surface area contributed by atoms with E-state index >= 15 is 0 Å². The van der Waals surface area contributed by atoms with Gasteiger partial charge < -0.3 is 15.5 Å². The third-order valence-corrected chi connectivity index (χ3v) is 4.19. The van der Waals surface area contributed by atoms with E-state index in [0.717, 1.165) is 12.8 Å². The second-order valence-electron chi connectivity index (χ2n) is 6.53. The van der Waals surface area contributed by atoms with E-state index in [0.29, 0.717) is 37.3 Å². The van der Waals surface area contributed by atoms with Gasteiger partial charge in [-0.15, -0.1) is 0 Å². The number of aromatic hydroxyl groups is 2. The highest BCUT2D eigenvalue weighted by molar-refractivity contribution is 5.85. The Morgan fingerprint density at radius 3 is 1.61 bits per heavy atom. The molecule has 0 fully saturated rings. The van der Waals surface area contributed by atoms with Gasteiger partial charge in [0.15, 0.2) is 0 Å². The van der Waals surface area contributed by atoms with Crippen LogP contribution >= 0.6 is 0 Å². The summed E-state index contributed by atoms with van der Waals surface area (Å²) in [6.07, 6.45) is 4.33. The first kappa shape index (κ1) is 23.4. The standard InChI is InChI=1S/C20H23N5O6/c26-19-5-3-17(24(28)29)11-15(19)13-22-9-1-7-21-8-2-10-23-14-16-12-18(25(30)31)4-6-20(16)27/h3-6,11-14,21,26-27H,1-2,7-10H2. The maximum absolute atomic E-state index is 10.8. The van der Waals surface area contributed by atoms with Gasteiger partial charge in [-0.05, 0) is 38.1 Å². The molecule has 31 heavy (non-hydrogen) atoms. The van der Waals surface area contributed by atoms with E-state index in [-0.39, 0.29) is 22.9 Å². The summed E-state index contributed by atoms with van der Waals surface area (Å²) in [5.41, 5.74) is 0.387. The van der Waals surface area contributed by atoms with Crippen molar-refractivity contribution in [2.45, 2.75) is 12.8 Å². The minimum atomic E-state index is -0.531. The summed E-state index contributed by atoms with van der Waals surface area (Å²) >= 11 is 0. The van der Waals surface area contributed by atoms with E-state index in [1.165, 1.54) is 48.8 Å². The summed E-state index contributed by atoms with van der Waals surface area (Å²) in [7, 11) is 0. The first-order valence-electron chi connectivity index (χ1n) is 9.53. The van der Waals surface area contributed by atoms with Crippen molar-refractivity contribution in [3.05, 3.63) is 67.8 Å². The van der Waals surface area contributed by atoms with Crippen LogP contribution in [-0.2, 0) is 0 Å². The van der Waals surface area contributed by atoms with Gasteiger partial charge in [0.1, 0.15) is 11.5 Å². The molecule has 0 bridgehead atoms. The molecule has 0 aliphatic carbocycles. The number of nitro groups is 2. The van der Waals surface area contributed by atoms with E-state index < -0.39 is 9.85 Å². The van der Waals surface area contributed by atoms with Crippen LogP contribution in [0.25, 0.3) is 0 Å². The second kappa shape index (κ2) is 12.0. The maximum Gasteiger partial charge on any atom is 0.270 e. The highest BCUT2D eigenvalue weighted by Gasteiger charge is 2.09. The predicted octanol–water partition coefficient (Wildman–Crippen LogP) is 2.82. The van der Waals surface area contributed by atoms with Gasteiger partial charge in [0.05, 0.1) is 9.85 Å². The second-order valence-corrected chi connectivity index (χ2v) is 6.53. The van der Waals surface area contributed by atoms with Crippen molar-refractivity contribution in [1.82, 2.24) is 5.32 Å². The Morgan fingerprint density at radius 1 is 0.806 bits per heavy atom. The van der Waals surface area contributed by atoms with Crippen LogP contribution < -0.4 is 5.32 Å². The molecule has 0 aromatic heterocycles. The molecule has 0 heterocycles. The smallest absolute Gasteiger partial charge is 0.270 e. The molecule has 11 heteroatoms. The lowest BCUT2D eigenvalue weighted by Crippen LogP contribution is -2.18. The highest BCUT2D eigenvalue weighted by atomic mass is 16.6. The lowest BCUT2D eigenvalue weighted by atomic mass is 10.2. The molecule has 0 saturated heterocycles. The number of hydrogen-bond acceptors (Lipinski definition) is 9. The average Bonchev–Trinajstić information content (AvgIpc) is 2.73. The van der Waals surface area contributed by atoms with Crippen LogP contribution in [-0.4, -0.2) is 58.7 Å². The van der Waals surface area contributed by atoms with Crippen LogP contribution in [0.4, 0.5) is 11.4 Å². The molecule has 0 radical (unpaired) electrons. The quantitative estimate of drug-likeness (QED) is 0.202. The lowest BCUT2D eigenvalue weighted by molar-refractivity contribution is -0.385. The van der Waals surface area contributed by atoms with Crippen molar-refractivity contribution in [3.63, 3.8) is 0 Å². The number of nitro benzene ring substituents is 2. The topological polar surface area (TPSA) is 163 Å². The summed E-state index contributed by atoms with van der Waals surface area (Å²) < 4.78 is 0. The van der Waals surface area contributed by atoms with Gasteiger partial charge in [0, 0.05) is 60.9 Å². The van der Waals surface area contributed by atoms with Gasteiger partial charge in [-0.25, -0.2) is 0 Å². The molecule has 0 saturated carbocycles. The summed E-state index contributed by atoms with van der Waals surface area (Å²) in [4.78, 5) is 28.8. The fourth-order valence-electron chi connectivity index (χ4n) is 2.56. The summed E-state index contributed by atoms with van der Waals surface area (Å²) in [5, 5.41) is 44.2. The van der Waals surface area contributed by atoms with Crippen LogP contribution in [0.1, 0.15) is 24.0 Å². The van der Waals surface area contributed by atoms with E-state index in [2.05, 4.69) is 15.3 Å². The lowest BCUT2D eigenvalue weighted by Gasteiger charge is -2.02.